The molecule has 0 aliphatic heterocycles. The molecular formula is C11H19F3. The van der Waals surface area contributed by atoms with Crippen molar-refractivity contribution in [1.29, 1.82) is 0 Å². The predicted octanol–water partition coefficient (Wildman–Crippen LogP) is 4.11. The fourth-order valence-corrected chi connectivity index (χ4v) is 3.13. The Hall–Kier alpha value is -0.210. The summed E-state index contributed by atoms with van der Waals surface area (Å²) in [5.41, 5.74) is -0.535. The van der Waals surface area contributed by atoms with Gasteiger partial charge in [0.1, 0.15) is 0 Å². The standard InChI is InChI=1S/C11H19F3/c1-6(2)9-7(3)10(9,5)8(4)11(12,13)14/h6-9H,1-5H3. The van der Waals surface area contributed by atoms with Crippen molar-refractivity contribution in [1.82, 2.24) is 0 Å². The lowest BCUT2D eigenvalue weighted by Crippen LogP contribution is -2.29. The van der Waals surface area contributed by atoms with Gasteiger partial charge >= 0.3 is 6.18 Å². The average molecular weight is 208 g/mol. The lowest BCUT2D eigenvalue weighted by molar-refractivity contribution is -0.189. The Kier molecular flexibility index (Phi) is 2.66. The lowest BCUT2D eigenvalue weighted by atomic mass is 9.86. The maximum atomic E-state index is 12.6. The third-order valence-electron chi connectivity index (χ3n) is 4.27. The predicted molar refractivity (Wildman–Crippen MR) is 50.8 cm³/mol. The van der Waals surface area contributed by atoms with E-state index in [4.69, 9.17) is 0 Å². The van der Waals surface area contributed by atoms with E-state index in [1.807, 2.05) is 20.8 Å². The second kappa shape index (κ2) is 3.14. The highest BCUT2D eigenvalue weighted by molar-refractivity contribution is 5.10. The smallest absolute Gasteiger partial charge is 0.171 e. The van der Waals surface area contributed by atoms with Crippen molar-refractivity contribution in [3.8, 4) is 0 Å². The first-order valence-electron chi connectivity index (χ1n) is 5.20. The third kappa shape index (κ3) is 1.55. The molecule has 1 fully saturated rings. The maximum absolute atomic E-state index is 12.6. The fraction of sp³-hybridized carbons (Fsp3) is 1.00. The van der Waals surface area contributed by atoms with Crippen LogP contribution in [0.4, 0.5) is 13.2 Å². The molecule has 0 amide bonds. The molecule has 1 saturated carbocycles. The summed E-state index contributed by atoms with van der Waals surface area (Å²) in [5, 5.41) is 0. The quantitative estimate of drug-likeness (QED) is 0.640. The van der Waals surface area contributed by atoms with E-state index in [1.54, 1.807) is 6.92 Å². The van der Waals surface area contributed by atoms with Gasteiger partial charge in [-0.3, -0.25) is 0 Å². The van der Waals surface area contributed by atoms with E-state index in [1.165, 1.54) is 6.92 Å². The van der Waals surface area contributed by atoms with Crippen LogP contribution in [0.1, 0.15) is 34.6 Å². The molecule has 4 atom stereocenters. The number of rotatable bonds is 2. The zero-order valence-corrected chi connectivity index (χ0v) is 9.44. The van der Waals surface area contributed by atoms with E-state index < -0.39 is 17.5 Å². The van der Waals surface area contributed by atoms with E-state index in [2.05, 4.69) is 0 Å². The number of alkyl halides is 3. The Morgan fingerprint density at radius 1 is 1.14 bits per heavy atom. The van der Waals surface area contributed by atoms with Crippen LogP contribution >= 0.6 is 0 Å². The van der Waals surface area contributed by atoms with Gasteiger partial charge in [-0.15, -0.1) is 0 Å². The van der Waals surface area contributed by atoms with Crippen molar-refractivity contribution in [2.75, 3.05) is 0 Å². The summed E-state index contributed by atoms with van der Waals surface area (Å²) < 4.78 is 37.8. The molecule has 14 heavy (non-hydrogen) atoms. The molecule has 0 aromatic carbocycles. The summed E-state index contributed by atoms with van der Waals surface area (Å²) in [4.78, 5) is 0. The molecular weight excluding hydrogens is 189 g/mol. The third-order valence-corrected chi connectivity index (χ3v) is 4.27. The molecule has 84 valence electrons. The van der Waals surface area contributed by atoms with Crippen molar-refractivity contribution < 1.29 is 13.2 Å². The van der Waals surface area contributed by atoms with Crippen LogP contribution in [0.3, 0.4) is 0 Å². The second-order valence-corrected chi connectivity index (χ2v) is 5.19. The monoisotopic (exact) mass is 208 g/mol. The van der Waals surface area contributed by atoms with Crippen LogP contribution < -0.4 is 0 Å². The molecule has 4 unspecified atom stereocenters. The zero-order valence-electron chi connectivity index (χ0n) is 9.44. The minimum atomic E-state index is -4.05. The summed E-state index contributed by atoms with van der Waals surface area (Å²) >= 11 is 0. The van der Waals surface area contributed by atoms with Crippen LogP contribution in [0.5, 0.6) is 0 Å². The number of hydrogen-bond donors (Lipinski definition) is 0. The summed E-state index contributed by atoms with van der Waals surface area (Å²) in [6, 6.07) is 0. The van der Waals surface area contributed by atoms with Gasteiger partial charge in [0.15, 0.2) is 0 Å². The first kappa shape index (κ1) is 11.9. The first-order valence-corrected chi connectivity index (χ1v) is 5.20. The topological polar surface area (TPSA) is 0 Å². The van der Waals surface area contributed by atoms with Crippen LogP contribution in [0.2, 0.25) is 0 Å². The average Bonchev–Trinajstić information content (AvgIpc) is 2.52. The van der Waals surface area contributed by atoms with Crippen molar-refractivity contribution >= 4 is 0 Å². The van der Waals surface area contributed by atoms with E-state index in [-0.39, 0.29) is 11.8 Å². The van der Waals surface area contributed by atoms with Crippen molar-refractivity contribution in [3.05, 3.63) is 0 Å². The highest BCUT2D eigenvalue weighted by Gasteiger charge is 2.67. The van der Waals surface area contributed by atoms with Crippen LogP contribution in [0, 0.1) is 29.1 Å². The summed E-state index contributed by atoms with van der Waals surface area (Å²) in [7, 11) is 0. The van der Waals surface area contributed by atoms with Crippen molar-refractivity contribution in [3.63, 3.8) is 0 Å². The Labute approximate surface area is 83.9 Å². The van der Waals surface area contributed by atoms with Gasteiger partial charge in [-0.25, -0.2) is 0 Å². The van der Waals surface area contributed by atoms with Gasteiger partial charge in [-0.1, -0.05) is 34.6 Å². The Bertz CT molecular complexity index is 219. The van der Waals surface area contributed by atoms with E-state index in [0.717, 1.165) is 0 Å². The van der Waals surface area contributed by atoms with Crippen LogP contribution in [-0.4, -0.2) is 6.18 Å². The van der Waals surface area contributed by atoms with E-state index in [0.29, 0.717) is 5.92 Å². The molecule has 0 aromatic heterocycles. The molecule has 3 heteroatoms. The summed E-state index contributed by atoms with van der Waals surface area (Å²) in [5.74, 6) is -0.421. The molecule has 0 aromatic rings. The van der Waals surface area contributed by atoms with Crippen LogP contribution in [0.15, 0.2) is 0 Å². The molecule has 0 heterocycles. The molecule has 1 rings (SSSR count). The minimum absolute atomic E-state index is 0.194. The highest BCUT2D eigenvalue weighted by Crippen LogP contribution is 2.68. The maximum Gasteiger partial charge on any atom is 0.392 e. The fourth-order valence-electron chi connectivity index (χ4n) is 3.13. The molecule has 0 saturated heterocycles. The van der Waals surface area contributed by atoms with Crippen LogP contribution in [-0.2, 0) is 0 Å². The van der Waals surface area contributed by atoms with E-state index in [9.17, 15) is 13.2 Å². The van der Waals surface area contributed by atoms with Crippen molar-refractivity contribution in [2.24, 2.45) is 29.1 Å². The number of hydrogen-bond acceptors (Lipinski definition) is 0. The Morgan fingerprint density at radius 2 is 1.57 bits per heavy atom. The normalized spacial score (nSPS) is 40.1. The molecule has 0 radical (unpaired) electrons. The summed E-state index contributed by atoms with van der Waals surface area (Å²) in [6.45, 7) is 9.05. The first-order chi connectivity index (χ1) is 6.13. The van der Waals surface area contributed by atoms with Gasteiger partial charge in [0.05, 0.1) is 5.92 Å². The summed E-state index contributed by atoms with van der Waals surface area (Å²) in [6.07, 6.45) is -4.05. The zero-order chi connectivity index (χ0) is 11.3. The molecule has 0 bridgehead atoms. The Morgan fingerprint density at radius 3 is 1.79 bits per heavy atom. The van der Waals surface area contributed by atoms with E-state index >= 15 is 0 Å². The van der Waals surface area contributed by atoms with Gasteiger partial charge < -0.3 is 0 Å². The van der Waals surface area contributed by atoms with Gasteiger partial charge in [0.2, 0.25) is 0 Å². The molecule has 1 aliphatic rings. The van der Waals surface area contributed by atoms with Crippen molar-refractivity contribution in [2.45, 2.75) is 40.8 Å². The SMILES string of the molecule is CC(C)C1C(C)C1(C)C(C)C(F)(F)F. The molecule has 0 N–H and O–H groups in total. The largest absolute Gasteiger partial charge is 0.392 e. The van der Waals surface area contributed by atoms with Gasteiger partial charge in [-0.2, -0.15) is 13.2 Å². The number of halogens is 3. The Balaban J connectivity index is 2.80. The van der Waals surface area contributed by atoms with Gasteiger partial charge in [-0.05, 0) is 23.2 Å². The highest BCUT2D eigenvalue weighted by atomic mass is 19.4. The molecule has 0 nitrogen and oxygen atoms in total. The second-order valence-electron chi connectivity index (χ2n) is 5.19. The van der Waals surface area contributed by atoms with Crippen LogP contribution in [0.25, 0.3) is 0 Å². The molecule has 1 aliphatic carbocycles. The van der Waals surface area contributed by atoms with Gasteiger partial charge in [0.25, 0.3) is 0 Å². The molecule has 0 spiro atoms. The van der Waals surface area contributed by atoms with Gasteiger partial charge in [0, 0.05) is 0 Å². The lowest BCUT2D eigenvalue weighted by Gasteiger charge is -2.24. The minimum Gasteiger partial charge on any atom is -0.171 e.